The SMILES string of the molecule is CCOc1cncc(-c2cnc(C(=O)N[C@H](C)c3cccc(Br)c3)s2)n1. The van der Waals surface area contributed by atoms with Gasteiger partial charge in [0.05, 0.1) is 29.9 Å². The highest BCUT2D eigenvalue weighted by molar-refractivity contribution is 9.10. The fraction of sp³-hybridized carbons (Fsp3) is 0.222. The van der Waals surface area contributed by atoms with Crippen LogP contribution in [-0.2, 0) is 0 Å². The number of ether oxygens (including phenoxy) is 1. The number of nitrogens with zero attached hydrogens (tertiary/aromatic N) is 3. The molecule has 26 heavy (non-hydrogen) atoms. The first-order valence-corrected chi connectivity index (χ1v) is 9.65. The summed E-state index contributed by atoms with van der Waals surface area (Å²) in [5, 5.41) is 3.34. The summed E-state index contributed by atoms with van der Waals surface area (Å²) in [5.74, 6) is 0.232. The quantitative estimate of drug-likeness (QED) is 0.629. The van der Waals surface area contributed by atoms with Crippen LogP contribution in [0, 0.1) is 0 Å². The van der Waals surface area contributed by atoms with Gasteiger partial charge < -0.3 is 10.1 Å². The topological polar surface area (TPSA) is 77.0 Å². The Morgan fingerprint density at radius 3 is 2.96 bits per heavy atom. The second kappa shape index (κ2) is 8.37. The van der Waals surface area contributed by atoms with Crippen LogP contribution in [0.15, 0.2) is 47.3 Å². The fourth-order valence-electron chi connectivity index (χ4n) is 2.30. The molecule has 0 aliphatic heterocycles. The van der Waals surface area contributed by atoms with Gasteiger partial charge in [-0.25, -0.2) is 9.97 Å². The molecule has 0 aliphatic rings. The van der Waals surface area contributed by atoms with Crippen molar-refractivity contribution >= 4 is 33.2 Å². The summed E-state index contributed by atoms with van der Waals surface area (Å²) in [6.07, 6.45) is 4.81. The van der Waals surface area contributed by atoms with E-state index in [1.807, 2.05) is 38.1 Å². The zero-order chi connectivity index (χ0) is 18.5. The summed E-state index contributed by atoms with van der Waals surface area (Å²) in [7, 11) is 0. The van der Waals surface area contributed by atoms with Gasteiger partial charge in [0.15, 0.2) is 5.01 Å². The molecule has 6 nitrogen and oxygen atoms in total. The summed E-state index contributed by atoms with van der Waals surface area (Å²) in [4.78, 5) is 26.0. The molecule has 0 radical (unpaired) electrons. The zero-order valence-corrected chi connectivity index (χ0v) is 16.7. The average molecular weight is 433 g/mol. The smallest absolute Gasteiger partial charge is 0.280 e. The number of hydrogen-bond acceptors (Lipinski definition) is 6. The molecule has 0 bridgehead atoms. The van der Waals surface area contributed by atoms with Crippen LogP contribution in [0.4, 0.5) is 0 Å². The molecule has 1 amide bonds. The largest absolute Gasteiger partial charge is 0.477 e. The molecular formula is C18H17BrN4O2S. The number of hydrogen-bond donors (Lipinski definition) is 1. The van der Waals surface area contributed by atoms with E-state index in [2.05, 4.69) is 36.2 Å². The van der Waals surface area contributed by atoms with Gasteiger partial charge in [0.2, 0.25) is 5.88 Å². The Hall–Kier alpha value is -2.32. The maximum atomic E-state index is 12.5. The average Bonchev–Trinajstić information content (AvgIpc) is 3.12. The van der Waals surface area contributed by atoms with Gasteiger partial charge in [0, 0.05) is 10.7 Å². The highest BCUT2D eigenvalue weighted by Gasteiger charge is 2.16. The predicted octanol–water partition coefficient (Wildman–Crippen LogP) is 4.25. The lowest BCUT2D eigenvalue weighted by Gasteiger charge is -2.13. The van der Waals surface area contributed by atoms with E-state index in [9.17, 15) is 4.79 Å². The Morgan fingerprint density at radius 1 is 1.35 bits per heavy atom. The number of halogens is 1. The fourth-order valence-corrected chi connectivity index (χ4v) is 3.49. The number of thiazole rings is 1. The zero-order valence-electron chi connectivity index (χ0n) is 14.3. The lowest BCUT2D eigenvalue weighted by molar-refractivity contribution is 0.0939. The van der Waals surface area contributed by atoms with E-state index in [0.29, 0.717) is 23.2 Å². The summed E-state index contributed by atoms with van der Waals surface area (Å²) in [5.41, 5.74) is 1.65. The van der Waals surface area contributed by atoms with E-state index >= 15 is 0 Å². The molecule has 3 rings (SSSR count). The number of benzene rings is 1. The predicted molar refractivity (Wildman–Crippen MR) is 104 cm³/mol. The van der Waals surface area contributed by atoms with Crippen LogP contribution >= 0.6 is 27.3 Å². The van der Waals surface area contributed by atoms with Crippen LogP contribution in [0.3, 0.4) is 0 Å². The number of carbonyl (C=O) groups excluding carboxylic acids is 1. The Kier molecular flexibility index (Phi) is 5.95. The molecule has 0 aliphatic carbocycles. The Balaban J connectivity index is 1.73. The van der Waals surface area contributed by atoms with Gasteiger partial charge in [-0.15, -0.1) is 11.3 Å². The third kappa shape index (κ3) is 4.44. The Bertz CT molecular complexity index is 915. The first-order valence-electron chi connectivity index (χ1n) is 8.04. The van der Waals surface area contributed by atoms with Crippen molar-refractivity contribution in [3.05, 3.63) is 57.9 Å². The summed E-state index contributed by atoms with van der Waals surface area (Å²) in [6.45, 7) is 4.34. The highest BCUT2D eigenvalue weighted by atomic mass is 79.9. The third-order valence-corrected chi connectivity index (χ3v) is 5.07. The molecule has 0 fully saturated rings. The van der Waals surface area contributed by atoms with Crippen LogP contribution in [0.1, 0.15) is 35.3 Å². The van der Waals surface area contributed by atoms with Crippen molar-refractivity contribution in [1.29, 1.82) is 0 Å². The standard InChI is InChI=1S/C18H17BrN4O2S/c1-3-25-16-10-20-8-14(23-16)15-9-21-18(26-15)17(24)22-11(2)12-5-4-6-13(19)7-12/h4-11H,3H2,1-2H3,(H,22,24)/t11-/m1/s1. The first-order chi connectivity index (χ1) is 12.6. The third-order valence-electron chi connectivity index (χ3n) is 3.55. The van der Waals surface area contributed by atoms with Crippen LogP contribution < -0.4 is 10.1 Å². The summed E-state index contributed by atoms with van der Waals surface area (Å²) < 4.78 is 6.33. The molecule has 1 aromatic carbocycles. The van der Waals surface area contributed by atoms with Gasteiger partial charge in [0.25, 0.3) is 5.91 Å². The van der Waals surface area contributed by atoms with Crippen molar-refractivity contribution in [1.82, 2.24) is 20.3 Å². The molecule has 1 atom stereocenters. The van der Waals surface area contributed by atoms with Gasteiger partial charge in [-0.1, -0.05) is 28.1 Å². The van der Waals surface area contributed by atoms with E-state index in [-0.39, 0.29) is 11.9 Å². The monoisotopic (exact) mass is 432 g/mol. The number of rotatable bonds is 6. The van der Waals surface area contributed by atoms with E-state index in [1.54, 1.807) is 18.6 Å². The maximum absolute atomic E-state index is 12.5. The Morgan fingerprint density at radius 2 is 2.19 bits per heavy atom. The molecule has 0 saturated heterocycles. The van der Waals surface area contributed by atoms with Crippen molar-refractivity contribution in [2.45, 2.75) is 19.9 Å². The lowest BCUT2D eigenvalue weighted by Crippen LogP contribution is -2.26. The normalized spacial score (nSPS) is 11.8. The van der Waals surface area contributed by atoms with Gasteiger partial charge in [0.1, 0.15) is 5.69 Å². The molecule has 8 heteroatoms. The van der Waals surface area contributed by atoms with Gasteiger partial charge >= 0.3 is 0 Å². The minimum absolute atomic E-state index is 0.131. The van der Waals surface area contributed by atoms with Crippen molar-refractivity contribution < 1.29 is 9.53 Å². The second-order valence-corrected chi connectivity index (χ2v) is 7.40. The molecule has 134 valence electrons. The van der Waals surface area contributed by atoms with E-state index in [1.165, 1.54) is 11.3 Å². The van der Waals surface area contributed by atoms with Crippen molar-refractivity contribution in [3.63, 3.8) is 0 Å². The van der Waals surface area contributed by atoms with Gasteiger partial charge in [-0.3, -0.25) is 9.78 Å². The molecule has 0 saturated carbocycles. The van der Waals surface area contributed by atoms with E-state index < -0.39 is 0 Å². The molecule has 0 spiro atoms. The van der Waals surface area contributed by atoms with Crippen molar-refractivity contribution in [2.75, 3.05) is 6.61 Å². The minimum atomic E-state index is -0.220. The van der Waals surface area contributed by atoms with Crippen molar-refractivity contribution in [2.24, 2.45) is 0 Å². The molecular weight excluding hydrogens is 416 g/mol. The van der Waals surface area contributed by atoms with Crippen LogP contribution in [-0.4, -0.2) is 27.5 Å². The summed E-state index contributed by atoms with van der Waals surface area (Å²) >= 11 is 4.71. The molecule has 2 heterocycles. The molecule has 3 aromatic rings. The number of aromatic nitrogens is 3. The number of carbonyl (C=O) groups is 1. The number of amides is 1. The summed E-state index contributed by atoms with van der Waals surface area (Å²) in [6, 6.07) is 7.70. The van der Waals surface area contributed by atoms with E-state index in [4.69, 9.17) is 4.74 Å². The van der Waals surface area contributed by atoms with E-state index in [0.717, 1.165) is 14.9 Å². The lowest BCUT2D eigenvalue weighted by atomic mass is 10.1. The molecule has 2 aromatic heterocycles. The van der Waals surface area contributed by atoms with Crippen LogP contribution in [0.2, 0.25) is 0 Å². The van der Waals surface area contributed by atoms with Gasteiger partial charge in [-0.05, 0) is 31.5 Å². The molecule has 0 unspecified atom stereocenters. The van der Waals surface area contributed by atoms with Crippen LogP contribution in [0.5, 0.6) is 5.88 Å². The number of nitrogens with one attached hydrogen (secondary N) is 1. The van der Waals surface area contributed by atoms with Gasteiger partial charge in [-0.2, -0.15) is 0 Å². The molecule has 1 N–H and O–H groups in total. The minimum Gasteiger partial charge on any atom is -0.477 e. The van der Waals surface area contributed by atoms with Crippen LogP contribution in [0.25, 0.3) is 10.6 Å². The highest BCUT2D eigenvalue weighted by Crippen LogP contribution is 2.26. The Labute approximate surface area is 163 Å². The second-order valence-electron chi connectivity index (χ2n) is 5.46. The maximum Gasteiger partial charge on any atom is 0.280 e. The first kappa shape index (κ1) is 18.5. The van der Waals surface area contributed by atoms with Crippen molar-refractivity contribution in [3.8, 4) is 16.5 Å².